The summed E-state index contributed by atoms with van der Waals surface area (Å²) in [6.07, 6.45) is 0.234. The molecule has 1 aromatic carbocycles. The Hall–Kier alpha value is -2.67. The van der Waals surface area contributed by atoms with Crippen LogP contribution in [0.2, 0.25) is 0 Å². The third-order valence-electron chi connectivity index (χ3n) is 3.64. The van der Waals surface area contributed by atoms with Crippen LogP contribution in [-0.4, -0.2) is 41.4 Å². The van der Waals surface area contributed by atoms with Crippen LogP contribution in [-0.2, 0) is 9.59 Å². The van der Waals surface area contributed by atoms with E-state index in [-0.39, 0.29) is 31.2 Å². The third-order valence-corrected chi connectivity index (χ3v) is 4.50. The second kappa shape index (κ2) is 8.98. The van der Waals surface area contributed by atoms with E-state index in [9.17, 15) is 14.4 Å². The van der Waals surface area contributed by atoms with Crippen molar-refractivity contribution < 1.29 is 19.5 Å². The van der Waals surface area contributed by atoms with E-state index in [2.05, 4.69) is 5.32 Å². The molecular weight excluding hydrogens is 340 g/mol. The number of carboxylic acids is 1. The number of thiophene rings is 1. The minimum Gasteiger partial charge on any atom is -0.481 e. The van der Waals surface area contributed by atoms with Crippen LogP contribution in [0.1, 0.15) is 34.1 Å². The fourth-order valence-electron chi connectivity index (χ4n) is 2.39. The molecule has 0 saturated carbocycles. The van der Waals surface area contributed by atoms with Gasteiger partial charge in [-0.05, 0) is 23.4 Å². The molecule has 6 nitrogen and oxygen atoms in total. The van der Waals surface area contributed by atoms with Gasteiger partial charge in [-0.3, -0.25) is 14.4 Å². The maximum atomic E-state index is 12.3. The number of likely N-dealkylation sites (N-methyl/N-ethyl adjacent to an activating group) is 1. The molecular formula is C18H20N2O4S. The molecule has 2 rings (SSSR count). The molecule has 1 atom stereocenters. The van der Waals surface area contributed by atoms with E-state index in [1.165, 1.54) is 16.2 Å². The smallest absolute Gasteiger partial charge is 0.303 e. The van der Waals surface area contributed by atoms with Crippen LogP contribution in [0.3, 0.4) is 0 Å². The standard InChI is InChI=1S/C18H20N2O4S/c1-20(18(24)15-8-5-11-25-15)12-16(21)19-14(9-10-17(22)23)13-6-3-2-4-7-13/h2-8,11,14H,9-10,12H2,1H3,(H,19,21)(H,22,23). The maximum absolute atomic E-state index is 12.3. The highest BCUT2D eigenvalue weighted by molar-refractivity contribution is 7.12. The van der Waals surface area contributed by atoms with E-state index < -0.39 is 12.0 Å². The summed E-state index contributed by atoms with van der Waals surface area (Å²) in [7, 11) is 1.57. The van der Waals surface area contributed by atoms with Gasteiger partial charge in [0.1, 0.15) is 0 Å². The minimum absolute atomic E-state index is 0.0518. The molecule has 7 heteroatoms. The molecule has 0 aliphatic rings. The number of carboxylic acid groups (broad SMARTS) is 1. The van der Waals surface area contributed by atoms with Crippen molar-refractivity contribution in [3.63, 3.8) is 0 Å². The Kier molecular flexibility index (Phi) is 6.71. The van der Waals surface area contributed by atoms with E-state index in [0.717, 1.165) is 5.56 Å². The number of nitrogens with zero attached hydrogens (tertiary/aromatic N) is 1. The van der Waals surface area contributed by atoms with Crippen molar-refractivity contribution >= 4 is 29.1 Å². The van der Waals surface area contributed by atoms with E-state index >= 15 is 0 Å². The van der Waals surface area contributed by atoms with E-state index in [1.807, 2.05) is 30.3 Å². The van der Waals surface area contributed by atoms with Gasteiger partial charge in [-0.1, -0.05) is 36.4 Å². The third kappa shape index (κ3) is 5.72. The van der Waals surface area contributed by atoms with Crippen molar-refractivity contribution in [2.24, 2.45) is 0 Å². The van der Waals surface area contributed by atoms with Gasteiger partial charge in [0.2, 0.25) is 5.91 Å². The number of nitrogens with one attached hydrogen (secondary N) is 1. The van der Waals surface area contributed by atoms with Crippen LogP contribution in [0.4, 0.5) is 0 Å². The van der Waals surface area contributed by atoms with E-state index in [0.29, 0.717) is 4.88 Å². The van der Waals surface area contributed by atoms with Gasteiger partial charge in [0.15, 0.2) is 0 Å². The Morgan fingerprint density at radius 3 is 2.48 bits per heavy atom. The molecule has 0 fully saturated rings. The molecule has 1 unspecified atom stereocenters. The predicted octanol–water partition coefficient (Wildman–Crippen LogP) is 2.54. The summed E-state index contributed by atoms with van der Waals surface area (Å²) >= 11 is 1.32. The summed E-state index contributed by atoms with van der Waals surface area (Å²) in [6, 6.07) is 12.3. The van der Waals surface area contributed by atoms with Crippen molar-refractivity contribution in [3.8, 4) is 0 Å². The summed E-state index contributed by atoms with van der Waals surface area (Å²) < 4.78 is 0. The zero-order chi connectivity index (χ0) is 18.2. The van der Waals surface area contributed by atoms with Crippen LogP contribution in [0.25, 0.3) is 0 Å². The van der Waals surface area contributed by atoms with Crippen LogP contribution in [0, 0.1) is 0 Å². The Morgan fingerprint density at radius 2 is 1.88 bits per heavy atom. The molecule has 25 heavy (non-hydrogen) atoms. The monoisotopic (exact) mass is 360 g/mol. The van der Waals surface area contributed by atoms with Crippen molar-refractivity contribution in [2.45, 2.75) is 18.9 Å². The first kappa shape index (κ1) is 18.7. The number of benzene rings is 1. The lowest BCUT2D eigenvalue weighted by molar-refractivity contribution is -0.137. The topological polar surface area (TPSA) is 86.7 Å². The minimum atomic E-state index is -0.917. The Morgan fingerprint density at radius 1 is 1.16 bits per heavy atom. The average Bonchev–Trinajstić information content (AvgIpc) is 3.13. The number of hydrogen-bond acceptors (Lipinski definition) is 4. The molecule has 2 aromatic rings. The number of carbonyl (C=O) groups excluding carboxylic acids is 2. The summed E-state index contributed by atoms with van der Waals surface area (Å²) in [5.74, 6) is -1.46. The second-order valence-electron chi connectivity index (χ2n) is 5.60. The lowest BCUT2D eigenvalue weighted by Crippen LogP contribution is -2.39. The first-order valence-corrected chi connectivity index (χ1v) is 8.70. The van der Waals surface area contributed by atoms with E-state index in [1.54, 1.807) is 24.6 Å². The molecule has 132 valence electrons. The molecule has 2 amide bonds. The predicted molar refractivity (Wildman–Crippen MR) is 95.5 cm³/mol. The molecule has 0 bridgehead atoms. The van der Waals surface area contributed by atoms with Gasteiger partial charge in [-0.2, -0.15) is 0 Å². The van der Waals surface area contributed by atoms with Crippen LogP contribution in [0.5, 0.6) is 0 Å². The zero-order valence-corrected chi connectivity index (χ0v) is 14.7. The molecule has 0 saturated heterocycles. The Balaban J connectivity index is 1.98. The number of hydrogen-bond donors (Lipinski definition) is 2. The first-order chi connectivity index (χ1) is 12.0. The molecule has 0 radical (unpaired) electrons. The largest absolute Gasteiger partial charge is 0.481 e. The molecule has 1 heterocycles. The molecule has 2 N–H and O–H groups in total. The van der Waals surface area contributed by atoms with Gasteiger partial charge in [0.25, 0.3) is 5.91 Å². The molecule has 0 spiro atoms. The highest BCUT2D eigenvalue weighted by atomic mass is 32.1. The fourth-order valence-corrected chi connectivity index (χ4v) is 3.11. The number of amides is 2. The lowest BCUT2D eigenvalue weighted by atomic mass is 10.0. The zero-order valence-electron chi connectivity index (χ0n) is 13.8. The highest BCUT2D eigenvalue weighted by Gasteiger charge is 2.19. The van der Waals surface area contributed by atoms with Gasteiger partial charge in [-0.25, -0.2) is 0 Å². The van der Waals surface area contributed by atoms with E-state index in [4.69, 9.17) is 5.11 Å². The van der Waals surface area contributed by atoms with Gasteiger partial charge in [-0.15, -0.1) is 11.3 Å². The summed E-state index contributed by atoms with van der Waals surface area (Å²) in [6.45, 7) is -0.0901. The van der Waals surface area contributed by atoms with Crippen LogP contribution < -0.4 is 5.32 Å². The van der Waals surface area contributed by atoms with Crippen molar-refractivity contribution in [1.29, 1.82) is 0 Å². The van der Waals surface area contributed by atoms with Crippen molar-refractivity contribution in [2.75, 3.05) is 13.6 Å². The quantitative estimate of drug-likeness (QED) is 0.757. The summed E-state index contributed by atoms with van der Waals surface area (Å²) in [5, 5.41) is 13.5. The summed E-state index contributed by atoms with van der Waals surface area (Å²) in [5.41, 5.74) is 0.837. The van der Waals surface area contributed by atoms with Crippen LogP contribution >= 0.6 is 11.3 Å². The average molecular weight is 360 g/mol. The molecule has 0 aliphatic heterocycles. The number of rotatable bonds is 8. The molecule has 0 aliphatic carbocycles. The van der Waals surface area contributed by atoms with Crippen LogP contribution in [0.15, 0.2) is 47.8 Å². The van der Waals surface area contributed by atoms with Gasteiger partial charge in [0, 0.05) is 13.5 Å². The fraction of sp³-hybridized carbons (Fsp3) is 0.278. The maximum Gasteiger partial charge on any atom is 0.303 e. The van der Waals surface area contributed by atoms with Crippen molar-refractivity contribution in [3.05, 3.63) is 58.3 Å². The normalized spacial score (nSPS) is 11.6. The first-order valence-electron chi connectivity index (χ1n) is 7.82. The number of carbonyl (C=O) groups is 3. The Bertz CT molecular complexity index is 716. The van der Waals surface area contributed by atoms with Gasteiger partial charge in [0.05, 0.1) is 17.5 Å². The number of aliphatic carboxylic acids is 1. The highest BCUT2D eigenvalue weighted by Crippen LogP contribution is 2.18. The van der Waals surface area contributed by atoms with Gasteiger partial charge >= 0.3 is 5.97 Å². The second-order valence-corrected chi connectivity index (χ2v) is 6.55. The lowest BCUT2D eigenvalue weighted by Gasteiger charge is -2.21. The van der Waals surface area contributed by atoms with Crippen molar-refractivity contribution in [1.82, 2.24) is 10.2 Å². The summed E-state index contributed by atoms with van der Waals surface area (Å²) in [4.78, 5) is 37.3. The Labute approximate surface area is 150 Å². The molecule has 1 aromatic heterocycles. The SMILES string of the molecule is CN(CC(=O)NC(CCC(=O)O)c1ccccc1)C(=O)c1cccs1. The van der Waals surface area contributed by atoms with Gasteiger partial charge < -0.3 is 15.3 Å².